The van der Waals surface area contributed by atoms with Crippen molar-refractivity contribution in [2.75, 3.05) is 6.73 Å². The zero-order chi connectivity index (χ0) is 10.8. The lowest BCUT2D eigenvalue weighted by Gasteiger charge is -2.19. The van der Waals surface area contributed by atoms with Gasteiger partial charge in [-0.15, -0.1) is 0 Å². The van der Waals surface area contributed by atoms with Crippen molar-refractivity contribution in [2.24, 2.45) is 0 Å². The van der Waals surface area contributed by atoms with Crippen molar-refractivity contribution in [2.45, 2.75) is 6.92 Å². The first-order valence-electron chi connectivity index (χ1n) is 4.57. The van der Waals surface area contributed by atoms with Gasteiger partial charge in [0.05, 0.1) is 5.57 Å². The fourth-order valence-electron chi connectivity index (χ4n) is 1.51. The molecule has 0 radical (unpaired) electrons. The highest BCUT2D eigenvalue weighted by molar-refractivity contribution is 6.20. The standard InChI is InChI=1S/C11H10FNO2/c1-7-10(11(14)13-6-15-7)8-4-2-3-5-9(8)12/h2-5H,6H2,1H3,(H,13,14). The number of hydrogen-bond acceptors (Lipinski definition) is 2. The SMILES string of the molecule is CC1=C(c2ccccc2F)C(=O)NCO1. The number of nitrogens with one attached hydrogen (secondary N) is 1. The third kappa shape index (κ3) is 1.70. The number of carbonyl (C=O) groups excluding carboxylic acids is 1. The molecule has 1 N–H and O–H groups in total. The Labute approximate surface area is 86.6 Å². The summed E-state index contributed by atoms with van der Waals surface area (Å²) < 4.78 is 18.6. The molecule has 0 bridgehead atoms. The first-order chi connectivity index (χ1) is 7.20. The third-order valence-electron chi connectivity index (χ3n) is 2.24. The van der Waals surface area contributed by atoms with Gasteiger partial charge in [-0.25, -0.2) is 4.39 Å². The topological polar surface area (TPSA) is 38.3 Å². The van der Waals surface area contributed by atoms with Gasteiger partial charge in [-0.05, 0) is 13.0 Å². The lowest BCUT2D eigenvalue weighted by molar-refractivity contribution is -0.118. The van der Waals surface area contributed by atoms with Crippen molar-refractivity contribution in [3.63, 3.8) is 0 Å². The molecule has 0 aromatic heterocycles. The van der Waals surface area contributed by atoms with E-state index in [-0.39, 0.29) is 23.8 Å². The van der Waals surface area contributed by atoms with Crippen LogP contribution in [-0.4, -0.2) is 12.6 Å². The maximum absolute atomic E-state index is 13.5. The van der Waals surface area contributed by atoms with Crippen LogP contribution >= 0.6 is 0 Å². The van der Waals surface area contributed by atoms with Crippen LogP contribution < -0.4 is 5.32 Å². The van der Waals surface area contributed by atoms with Crippen LogP contribution in [0.2, 0.25) is 0 Å². The van der Waals surface area contributed by atoms with Crippen LogP contribution in [0, 0.1) is 5.82 Å². The fourth-order valence-corrected chi connectivity index (χ4v) is 1.51. The van der Waals surface area contributed by atoms with Gasteiger partial charge in [-0.3, -0.25) is 4.79 Å². The van der Waals surface area contributed by atoms with Crippen LogP contribution in [0.3, 0.4) is 0 Å². The molecule has 1 amide bonds. The molecule has 4 heteroatoms. The number of rotatable bonds is 1. The molecule has 0 aliphatic carbocycles. The van der Waals surface area contributed by atoms with E-state index in [9.17, 15) is 9.18 Å². The van der Waals surface area contributed by atoms with Crippen molar-refractivity contribution in [1.29, 1.82) is 0 Å². The Morgan fingerprint density at radius 3 is 2.80 bits per heavy atom. The molecule has 15 heavy (non-hydrogen) atoms. The Bertz CT molecular complexity index is 440. The molecular formula is C11H10FNO2. The summed E-state index contributed by atoms with van der Waals surface area (Å²) in [6.07, 6.45) is 0. The zero-order valence-electron chi connectivity index (χ0n) is 8.21. The Hall–Kier alpha value is -1.84. The van der Waals surface area contributed by atoms with Gasteiger partial charge in [0.25, 0.3) is 5.91 Å². The average Bonchev–Trinajstić information content (AvgIpc) is 2.20. The van der Waals surface area contributed by atoms with Crippen LogP contribution in [0.25, 0.3) is 5.57 Å². The Kier molecular flexibility index (Phi) is 2.41. The van der Waals surface area contributed by atoms with E-state index in [1.807, 2.05) is 0 Å². The van der Waals surface area contributed by atoms with E-state index in [4.69, 9.17) is 4.74 Å². The van der Waals surface area contributed by atoms with E-state index < -0.39 is 5.82 Å². The predicted octanol–water partition coefficient (Wildman–Crippen LogP) is 1.66. The van der Waals surface area contributed by atoms with E-state index in [2.05, 4.69) is 5.32 Å². The summed E-state index contributed by atoms with van der Waals surface area (Å²) >= 11 is 0. The third-order valence-corrected chi connectivity index (χ3v) is 2.24. The molecule has 0 unspecified atom stereocenters. The van der Waals surface area contributed by atoms with E-state index in [1.165, 1.54) is 6.07 Å². The average molecular weight is 207 g/mol. The number of ether oxygens (including phenoxy) is 1. The molecule has 0 fully saturated rings. The van der Waals surface area contributed by atoms with E-state index in [0.29, 0.717) is 5.76 Å². The smallest absolute Gasteiger partial charge is 0.257 e. The Morgan fingerprint density at radius 1 is 1.40 bits per heavy atom. The Balaban J connectivity index is 2.54. The molecule has 0 saturated carbocycles. The molecule has 2 rings (SSSR count). The van der Waals surface area contributed by atoms with E-state index in [0.717, 1.165) is 0 Å². The summed E-state index contributed by atoms with van der Waals surface area (Å²) in [5.74, 6) is -0.278. The summed E-state index contributed by atoms with van der Waals surface area (Å²) in [5, 5.41) is 2.50. The molecule has 1 heterocycles. The normalized spacial score (nSPS) is 16.0. The summed E-state index contributed by atoms with van der Waals surface area (Å²) in [4.78, 5) is 11.5. The van der Waals surface area contributed by atoms with Crippen LogP contribution in [0.15, 0.2) is 30.0 Å². The first-order valence-corrected chi connectivity index (χ1v) is 4.57. The number of benzene rings is 1. The second-order valence-corrected chi connectivity index (χ2v) is 3.21. The lowest BCUT2D eigenvalue weighted by atomic mass is 10.0. The molecule has 0 spiro atoms. The van der Waals surface area contributed by atoms with Gasteiger partial charge in [-0.2, -0.15) is 0 Å². The molecule has 78 valence electrons. The molecule has 0 saturated heterocycles. The van der Waals surface area contributed by atoms with Gasteiger partial charge in [-0.1, -0.05) is 18.2 Å². The van der Waals surface area contributed by atoms with Crippen LogP contribution in [0.4, 0.5) is 4.39 Å². The van der Waals surface area contributed by atoms with Crippen LogP contribution in [0.1, 0.15) is 12.5 Å². The van der Waals surface area contributed by atoms with Crippen LogP contribution in [-0.2, 0) is 9.53 Å². The largest absolute Gasteiger partial charge is 0.477 e. The van der Waals surface area contributed by atoms with Gasteiger partial charge in [0.1, 0.15) is 11.6 Å². The summed E-state index contributed by atoms with van der Waals surface area (Å²) in [6, 6.07) is 6.14. The van der Waals surface area contributed by atoms with Gasteiger partial charge in [0, 0.05) is 5.56 Å². The highest BCUT2D eigenvalue weighted by Gasteiger charge is 2.22. The second kappa shape index (κ2) is 3.73. The first kappa shape index (κ1) is 9.71. The number of amides is 1. The molecular weight excluding hydrogens is 197 g/mol. The second-order valence-electron chi connectivity index (χ2n) is 3.21. The van der Waals surface area contributed by atoms with E-state index in [1.54, 1.807) is 25.1 Å². The zero-order valence-corrected chi connectivity index (χ0v) is 8.21. The minimum absolute atomic E-state index is 0.141. The van der Waals surface area contributed by atoms with Crippen molar-refractivity contribution in [3.05, 3.63) is 41.4 Å². The molecule has 1 aromatic rings. The number of allylic oxidation sites excluding steroid dienone is 1. The van der Waals surface area contributed by atoms with Gasteiger partial charge in [0.15, 0.2) is 6.73 Å². The molecule has 1 aliphatic rings. The maximum Gasteiger partial charge on any atom is 0.257 e. The Morgan fingerprint density at radius 2 is 2.13 bits per heavy atom. The monoisotopic (exact) mass is 207 g/mol. The van der Waals surface area contributed by atoms with Crippen molar-refractivity contribution >= 4 is 11.5 Å². The summed E-state index contributed by atoms with van der Waals surface area (Å²) in [7, 11) is 0. The molecule has 1 aliphatic heterocycles. The number of halogens is 1. The maximum atomic E-state index is 13.5. The lowest BCUT2D eigenvalue weighted by Crippen LogP contribution is -2.32. The number of carbonyl (C=O) groups is 1. The van der Waals surface area contributed by atoms with E-state index >= 15 is 0 Å². The van der Waals surface area contributed by atoms with Crippen molar-refractivity contribution in [3.8, 4) is 0 Å². The highest BCUT2D eigenvalue weighted by atomic mass is 19.1. The van der Waals surface area contributed by atoms with Crippen molar-refractivity contribution in [1.82, 2.24) is 5.32 Å². The van der Waals surface area contributed by atoms with Gasteiger partial charge >= 0.3 is 0 Å². The predicted molar refractivity (Wildman–Crippen MR) is 53.1 cm³/mol. The summed E-state index contributed by atoms with van der Waals surface area (Å²) in [5.41, 5.74) is 0.534. The molecule has 1 aromatic carbocycles. The highest BCUT2D eigenvalue weighted by Crippen LogP contribution is 2.24. The number of hydrogen-bond donors (Lipinski definition) is 1. The summed E-state index contributed by atoms with van der Waals surface area (Å²) in [6.45, 7) is 1.79. The molecule has 3 nitrogen and oxygen atoms in total. The molecule has 0 atom stereocenters. The van der Waals surface area contributed by atoms with Crippen molar-refractivity contribution < 1.29 is 13.9 Å². The van der Waals surface area contributed by atoms with Gasteiger partial charge in [0.2, 0.25) is 0 Å². The minimum atomic E-state index is -0.424. The fraction of sp³-hybridized carbons (Fsp3) is 0.182. The minimum Gasteiger partial charge on any atom is -0.477 e. The van der Waals surface area contributed by atoms with Crippen LogP contribution in [0.5, 0.6) is 0 Å². The quantitative estimate of drug-likeness (QED) is 0.760. The van der Waals surface area contributed by atoms with Gasteiger partial charge < -0.3 is 10.1 Å².